The smallest absolute Gasteiger partial charge is 0.232 e. The molecule has 4 rings (SSSR count). The van der Waals surface area contributed by atoms with Gasteiger partial charge in [-0.25, -0.2) is 13.4 Å². The molecule has 9 heteroatoms. The topological polar surface area (TPSA) is 74.1 Å². The van der Waals surface area contributed by atoms with Crippen molar-refractivity contribution in [3.05, 3.63) is 58.1 Å². The van der Waals surface area contributed by atoms with E-state index in [4.69, 9.17) is 0 Å². The van der Waals surface area contributed by atoms with E-state index in [1.54, 1.807) is 11.8 Å². The minimum absolute atomic E-state index is 0.0648. The van der Waals surface area contributed by atoms with Crippen molar-refractivity contribution in [1.82, 2.24) is 5.43 Å². The zero-order valence-corrected chi connectivity index (χ0v) is 18.6. The highest BCUT2D eigenvalue weighted by atomic mass is 79.9. The molecule has 146 valence electrons. The van der Waals surface area contributed by atoms with Crippen molar-refractivity contribution in [2.45, 2.75) is 19.4 Å². The first-order valence-corrected chi connectivity index (χ1v) is 12.4. The number of rotatable bonds is 3. The van der Waals surface area contributed by atoms with Crippen molar-refractivity contribution in [1.29, 1.82) is 0 Å². The van der Waals surface area contributed by atoms with Crippen LogP contribution in [0.2, 0.25) is 0 Å². The van der Waals surface area contributed by atoms with E-state index in [2.05, 4.69) is 37.5 Å². The van der Waals surface area contributed by atoms with Crippen molar-refractivity contribution < 1.29 is 8.42 Å². The Labute approximate surface area is 177 Å². The third-order valence-electron chi connectivity index (χ3n) is 4.59. The van der Waals surface area contributed by atoms with Gasteiger partial charge in [-0.05, 0) is 54.8 Å². The fraction of sp³-hybridized carbons (Fsp3) is 0.263. The molecule has 2 aromatic rings. The average Bonchev–Trinajstić information content (AvgIpc) is 2.97. The number of anilines is 1. The first kappa shape index (κ1) is 19.5. The summed E-state index contributed by atoms with van der Waals surface area (Å²) in [6, 6.07) is 13.6. The second-order valence-corrected chi connectivity index (χ2v) is 10.6. The molecule has 0 saturated carbocycles. The second kappa shape index (κ2) is 7.53. The summed E-state index contributed by atoms with van der Waals surface area (Å²) in [5, 5.41) is 5.23. The van der Waals surface area contributed by atoms with E-state index in [0.29, 0.717) is 12.2 Å². The summed E-state index contributed by atoms with van der Waals surface area (Å²) in [7, 11) is -3.28. The molecule has 28 heavy (non-hydrogen) atoms. The largest absolute Gasteiger partial charge is 0.267 e. The van der Waals surface area contributed by atoms with Crippen LogP contribution in [0.4, 0.5) is 11.4 Å². The molecule has 0 saturated heterocycles. The molecule has 1 N–H and O–H groups in total. The number of thioether (sulfide) groups is 1. The van der Waals surface area contributed by atoms with Crippen LogP contribution in [0.15, 0.2) is 57.0 Å². The molecule has 0 bridgehead atoms. The molecule has 2 heterocycles. The van der Waals surface area contributed by atoms with Gasteiger partial charge in [-0.1, -0.05) is 39.8 Å². The Balaban J connectivity index is 1.56. The first-order valence-electron chi connectivity index (χ1n) is 8.73. The summed E-state index contributed by atoms with van der Waals surface area (Å²) in [6.45, 7) is 1.93. The van der Waals surface area contributed by atoms with Crippen molar-refractivity contribution >= 4 is 60.0 Å². The summed E-state index contributed by atoms with van der Waals surface area (Å²) in [5.74, 6) is 0.698. The Kier molecular flexibility index (Phi) is 5.24. The number of hydrogen-bond acceptors (Lipinski definition) is 5. The van der Waals surface area contributed by atoms with Crippen LogP contribution in [-0.2, 0) is 16.4 Å². The standard InChI is InChI=1S/C19H19BrN4O2S2/c1-12-8-14-9-13(6-7-18(14)24(12)28(2,25)26)17-11-27-19(23-22-17)21-16-5-3-4-15(20)10-16/h3-7,9-10,12H,8,11H2,1-2H3,(H,21,23)/t12-/m1/s1. The zero-order valence-electron chi connectivity index (χ0n) is 15.4. The van der Waals surface area contributed by atoms with Gasteiger partial charge in [-0.2, -0.15) is 5.10 Å². The van der Waals surface area contributed by atoms with Crippen LogP contribution >= 0.6 is 27.7 Å². The van der Waals surface area contributed by atoms with E-state index in [-0.39, 0.29) is 6.04 Å². The summed E-state index contributed by atoms with van der Waals surface area (Å²) in [6.07, 6.45) is 1.96. The molecule has 0 unspecified atom stereocenters. The fourth-order valence-corrected chi connectivity index (χ4v) is 5.91. The van der Waals surface area contributed by atoms with Crippen LogP contribution in [-0.4, -0.2) is 37.3 Å². The third-order valence-corrected chi connectivity index (χ3v) is 7.23. The number of amidine groups is 1. The van der Waals surface area contributed by atoms with Gasteiger partial charge >= 0.3 is 0 Å². The Morgan fingerprint density at radius 2 is 2.11 bits per heavy atom. The molecule has 6 nitrogen and oxygen atoms in total. The van der Waals surface area contributed by atoms with Gasteiger partial charge in [0, 0.05) is 16.3 Å². The molecule has 0 radical (unpaired) electrons. The van der Waals surface area contributed by atoms with Gasteiger partial charge < -0.3 is 0 Å². The van der Waals surface area contributed by atoms with Gasteiger partial charge in [0.25, 0.3) is 0 Å². The number of benzene rings is 2. The minimum Gasteiger partial charge on any atom is -0.267 e. The van der Waals surface area contributed by atoms with Gasteiger partial charge in [-0.3, -0.25) is 9.73 Å². The highest BCUT2D eigenvalue weighted by Gasteiger charge is 2.32. The normalized spacial score (nSPS) is 20.7. The Bertz CT molecular complexity index is 1100. The maximum atomic E-state index is 12.1. The lowest BCUT2D eigenvalue weighted by Gasteiger charge is -2.22. The molecule has 0 aromatic heterocycles. The number of fused-ring (bicyclic) bond motifs is 1. The minimum atomic E-state index is -3.28. The van der Waals surface area contributed by atoms with Crippen molar-refractivity contribution in [2.24, 2.45) is 10.1 Å². The number of aliphatic imine (C=N–C) groups is 1. The van der Waals surface area contributed by atoms with Crippen LogP contribution in [0.1, 0.15) is 18.1 Å². The quantitative estimate of drug-likeness (QED) is 0.725. The first-order chi connectivity index (χ1) is 13.3. The average molecular weight is 479 g/mol. The monoisotopic (exact) mass is 478 g/mol. The molecular formula is C19H19BrN4O2S2. The molecular weight excluding hydrogens is 460 g/mol. The lowest BCUT2D eigenvalue weighted by atomic mass is 10.0. The number of nitrogens with zero attached hydrogens (tertiary/aromatic N) is 3. The maximum Gasteiger partial charge on any atom is 0.232 e. The predicted octanol–water partition coefficient (Wildman–Crippen LogP) is 3.89. The van der Waals surface area contributed by atoms with Crippen LogP contribution < -0.4 is 9.73 Å². The third kappa shape index (κ3) is 3.97. The van der Waals surface area contributed by atoms with Gasteiger partial charge in [0.2, 0.25) is 10.0 Å². The maximum absolute atomic E-state index is 12.1. The number of sulfonamides is 1. The van der Waals surface area contributed by atoms with E-state index in [1.165, 1.54) is 10.6 Å². The lowest BCUT2D eigenvalue weighted by Crippen LogP contribution is -2.34. The van der Waals surface area contributed by atoms with E-state index in [1.807, 2.05) is 43.3 Å². The van der Waals surface area contributed by atoms with Gasteiger partial charge in [0.05, 0.1) is 23.3 Å². The lowest BCUT2D eigenvalue weighted by molar-refractivity contribution is 0.590. The van der Waals surface area contributed by atoms with Crippen molar-refractivity contribution in [3.8, 4) is 0 Å². The van der Waals surface area contributed by atoms with Gasteiger partial charge in [-0.15, -0.1) is 0 Å². The highest BCUT2D eigenvalue weighted by Crippen LogP contribution is 2.35. The summed E-state index contributed by atoms with van der Waals surface area (Å²) in [4.78, 5) is 4.57. The Morgan fingerprint density at radius 1 is 1.29 bits per heavy atom. The van der Waals surface area contributed by atoms with Crippen LogP contribution in [0.5, 0.6) is 0 Å². The van der Waals surface area contributed by atoms with E-state index in [0.717, 1.165) is 37.9 Å². The van der Waals surface area contributed by atoms with Gasteiger partial charge in [0.15, 0.2) is 5.17 Å². The predicted molar refractivity (Wildman–Crippen MR) is 120 cm³/mol. The summed E-state index contributed by atoms with van der Waals surface area (Å²) < 4.78 is 26.6. The summed E-state index contributed by atoms with van der Waals surface area (Å²) >= 11 is 5.04. The van der Waals surface area contributed by atoms with E-state index < -0.39 is 10.0 Å². The van der Waals surface area contributed by atoms with Gasteiger partial charge in [0.1, 0.15) is 0 Å². The number of hydrogen-bond donors (Lipinski definition) is 1. The van der Waals surface area contributed by atoms with Crippen LogP contribution in [0.3, 0.4) is 0 Å². The molecule has 2 aliphatic rings. The second-order valence-electron chi connectivity index (χ2n) is 6.81. The molecule has 0 spiro atoms. The van der Waals surface area contributed by atoms with Crippen molar-refractivity contribution in [2.75, 3.05) is 16.3 Å². The summed E-state index contributed by atoms with van der Waals surface area (Å²) in [5.41, 5.74) is 7.62. The molecule has 2 aliphatic heterocycles. The van der Waals surface area contributed by atoms with Crippen LogP contribution in [0, 0.1) is 0 Å². The molecule has 0 fully saturated rings. The van der Waals surface area contributed by atoms with E-state index >= 15 is 0 Å². The molecule has 2 aromatic carbocycles. The molecule has 0 aliphatic carbocycles. The zero-order chi connectivity index (χ0) is 19.9. The Hall–Kier alpha value is -1.84. The van der Waals surface area contributed by atoms with Crippen LogP contribution in [0.25, 0.3) is 0 Å². The highest BCUT2D eigenvalue weighted by molar-refractivity contribution is 9.10. The SMILES string of the molecule is C[C@@H]1Cc2cc(C3=NNC(=Nc4cccc(Br)c4)SC3)ccc2N1S(C)(=O)=O. The molecule has 0 amide bonds. The van der Waals surface area contributed by atoms with Crippen molar-refractivity contribution in [3.63, 3.8) is 0 Å². The number of nitrogens with one attached hydrogen (secondary N) is 1. The number of hydrazone groups is 1. The Morgan fingerprint density at radius 3 is 2.79 bits per heavy atom. The van der Waals surface area contributed by atoms with E-state index in [9.17, 15) is 8.42 Å². The molecule has 1 atom stereocenters. The fourth-order valence-electron chi connectivity index (χ4n) is 3.47. The number of halogens is 1.